The number of methoxy groups -OCH3 is 2. The maximum Gasteiger partial charge on any atom is 0.333 e. The Balaban J connectivity index is 2.93. The van der Waals surface area contributed by atoms with Crippen LogP contribution in [0.15, 0.2) is 48.1 Å². The van der Waals surface area contributed by atoms with Crippen molar-refractivity contribution in [2.45, 2.75) is 12.8 Å². The van der Waals surface area contributed by atoms with Crippen LogP contribution < -0.4 is 0 Å². The van der Waals surface area contributed by atoms with Crippen LogP contribution in [0.2, 0.25) is 5.02 Å². The number of hydrogen-bond acceptors (Lipinski definition) is 5. The molecule has 0 saturated heterocycles. The second-order valence-corrected chi connectivity index (χ2v) is 5.07. The summed E-state index contributed by atoms with van der Waals surface area (Å²) in [5.74, 6) is -1.58. The summed E-state index contributed by atoms with van der Waals surface area (Å²) in [6.45, 7) is 3.58. The van der Waals surface area contributed by atoms with Crippen LogP contribution >= 0.6 is 11.6 Å². The lowest BCUT2D eigenvalue weighted by atomic mass is 10.0. The molecule has 0 amide bonds. The van der Waals surface area contributed by atoms with Crippen molar-refractivity contribution in [2.24, 2.45) is 0 Å². The van der Waals surface area contributed by atoms with Gasteiger partial charge in [0.05, 0.1) is 14.2 Å². The van der Waals surface area contributed by atoms with Gasteiger partial charge in [-0.15, -0.1) is 0 Å². The maximum atomic E-state index is 12.2. The van der Waals surface area contributed by atoms with Crippen LogP contribution in [0.4, 0.5) is 0 Å². The zero-order valence-corrected chi connectivity index (χ0v) is 13.7. The second kappa shape index (κ2) is 8.90. The normalized spacial score (nSPS) is 10.8. The average molecular weight is 337 g/mol. The van der Waals surface area contributed by atoms with Gasteiger partial charge in [-0.05, 0) is 31.1 Å². The molecule has 0 aromatic heterocycles. The minimum absolute atomic E-state index is 0.132. The highest BCUT2D eigenvalue weighted by atomic mass is 35.5. The summed E-state index contributed by atoms with van der Waals surface area (Å²) in [6, 6.07) is 6.37. The lowest BCUT2D eigenvalue weighted by molar-refractivity contribution is -0.137. The van der Waals surface area contributed by atoms with E-state index in [4.69, 9.17) is 11.6 Å². The number of benzene rings is 1. The summed E-state index contributed by atoms with van der Waals surface area (Å²) in [6.07, 6.45) is 1.49. The molecule has 1 rings (SSSR count). The number of esters is 2. The third-order valence-corrected chi connectivity index (χ3v) is 3.27. The number of ether oxygens (including phenoxy) is 2. The average Bonchev–Trinajstić information content (AvgIpc) is 2.56. The molecule has 0 radical (unpaired) electrons. The number of allylic oxidation sites excluding steroid dienone is 1. The lowest BCUT2D eigenvalue weighted by Gasteiger charge is -2.07. The topological polar surface area (TPSA) is 69.7 Å². The molecule has 1 aromatic carbocycles. The van der Waals surface area contributed by atoms with E-state index in [1.807, 2.05) is 0 Å². The standard InChI is InChI=1S/C17H17ClO5/c1-11(16(20)22-2)7-8-13(17(21)23-3)10-15(19)12-5-4-6-14(18)9-12/h4-6,9-10H,1,7-8H2,2-3H3/b13-10+. The molecule has 0 fully saturated rings. The quantitative estimate of drug-likeness (QED) is 0.434. The van der Waals surface area contributed by atoms with Crippen LogP contribution in [0.5, 0.6) is 0 Å². The van der Waals surface area contributed by atoms with Crippen LogP contribution in [0.1, 0.15) is 23.2 Å². The van der Waals surface area contributed by atoms with Crippen LogP contribution in [-0.2, 0) is 19.1 Å². The first-order valence-corrected chi connectivity index (χ1v) is 7.11. The van der Waals surface area contributed by atoms with Crippen LogP contribution in [0, 0.1) is 0 Å². The Morgan fingerprint density at radius 2 is 1.78 bits per heavy atom. The summed E-state index contributed by atoms with van der Waals surface area (Å²) in [5.41, 5.74) is 0.700. The first-order valence-electron chi connectivity index (χ1n) is 6.74. The molecule has 6 heteroatoms. The molecule has 1 aromatic rings. The fourth-order valence-corrected chi connectivity index (χ4v) is 1.97. The van der Waals surface area contributed by atoms with Gasteiger partial charge in [0.15, 0.2) is 5.78 Å². The van der Waals surface area contributed by atoms with Crippen LogP contribution in [-0.4, -0.2) is 31.9 Å². The van der Waals surface area contributed by atoms with Crippen LogP contribution in [0.3, 0.4) is 0 Å². The lowest BCUT2D eigenvalue weighted by Crippen LogP contribution is -2.10. The Morgan fingerprint density at radius 3 is 2.35 bits per heavy atom. The van der Waals surface area contributed by atoms with Crippen molar-refractivity contribution in [2.75, 3.05) is 14.2 Å². The van der Waals surface area contributed by atoms with Gasteiger partial charge >= 0.3 is 11.9 Å². The van der Waals surface area contributed by atoms with E-state index in [0.717, 1.165) is 0 Å². The van der Waals surface area contributed by atoms with E-state index in [9.17, 15) is 14.4 Å². The second-order valence-electron chi connectivity index (χ2n) is 4.63. The number of hydrogen-bond donors (Lipinski definition) is 0. The van der Waals surface area contributed by atoms with E-state index in [0.29, 0.717) is 10.6 Å². The predicted molar refractivity (Wildman–Crippen MR) is 86.3 cm³/mol. The summed E-state index contributed by atoms with van der Waals surface area (Å²) in [7, 11) is 2.46. The molecule has 0 heterocycles. The van der Waals surface area contributed by atoms with Gasteiger partial charge in [0.2, 0.25) is 0 Å². The van der Waals surface area contributed by atoms with Crippen LogP contribution in [0.25, 0.3) is 0 Å². The Hall–Kier alpha value is -2.40. The van der Waals surface area contributed by atoms with E-state index >= 15 is 0 Å². The SMILES string of the molecule is C=C(CC/C(=C\C(=O)c1cccc(Cl)c1)C(=O)OC)C(=O)OC. The molecule has 5 nitrogen and oxygen atoms in total. The minimum Gasteiger partial charge on any atom is -0.466 e. The molecular formula is C17H17ClO5. The van der Waals surface area contributed by atoms with Gasteiger partial charge in [-0.2, -0.15) is 0 Å². The Labute approximate surface area is 139 Å². The van der Waals surface area contributed by atoms with Crippen molar-refractivity contribution in [3.8, 4) is 0 Å². The number of carbonyl (C=O) groups excluding carboxylic acids is 3. The van der Waals surface area contributed by atoms with Gasteiger partial charge in [0, 0.05) is 21.7 Å². The van der Waals surface area contributed by atoms with E-state index in [1.165, 1.54) is 26.4 Å². The molecule has 0 aliphatic carbocycles. The largest absolute Gasteiger partial charge is 0.466 e. The van der Waals surface area contributed by atoms with Gasteiger partial charge < -0.3 is 9.47 Å². The molecule has 0 saturated carbocycles. The summed E-state index contributed by atoms with van der Waals surface area (Å²) in [5, 5.41) is 0.419. The maximum absolute atomic E-state index is 12.2. The van der Waals surface area contributed by atoms with Gasteiger partial charge in [-0.1, -0.05) is 30.3 Å². The molecule has 0 atom stereocenters. The predicted octanol–water partition coefficient (Wildman–Crippen LogP) is 3.13. The molecule has 0 aliphatic heterocycles. The van der Waals surface area contributed by atoms with Crippen molar-refractivity contribution in [1.82, 2.24) is 0 Å². The molecular weight excluding hydrogens is 320 g/mol. The molecule has 0 bridgehead atoms. The molecule has 122 valence electrons. The monoisotopic (exact) mass is 336 g/mol. The fourth-order valence-electron chi connectivity index (χ4n) is 1.78. The van der Waals surface area contributed by atoms with Crippen molar-refractivity contribution in [1.29, 1.82) is 0 Å². The first kappa shape index (κ1) is 18.6. The number of rotatable bonds is 7. The zero-order valence-electron chi connectivity index (χ0n) is 12.9. The van der Waals surface area contributed by atoms with Crippen molar-refractivity contribution in [3.05, 3.63) is 58.7 Å². The zero-order chi connectivity index (χ0) is 17.4. The summed E-state index contributed by atoms with van der Waals surface area (Å²) in [4.78, 5) is 35.3. The van der Waals surface area contributed by atoms with Gasteiger partial charge in [-0.25, -0.2) is 9.59 Å². The molecule has 0 aliphatic rings. The number of halogens is 1. The smallest absolute Gasteiger partial charge is 0.333 e. The Kier molecular flexibility index (Phi) is 7.22. The summed E-state index contributed by atoms with van der Waals surface area (Å²) >= 11 is 5.84. The van der Waals surface area contributed by atoms with Crippen molar-refractivity contribution < 1.29 is 23.9 Å². The van der Waals surface area contributed by atoms with E-state index in [1.54, 1.807) is 18.2 Å². The third-order valence-electron chi connectivity index (χ3n) is 3.03. The van der Waals surface area contributed by atoms with E-state index in [-0.39, 0.29) is 29.8 Å². The van der Waals surface area contributed by atoms with E-state index < -0.39 is 11.9 Å². The van der Waals surface area contributed by atoms with Gasteiger partial charge in [0.25, 0.3) is 0 Å². The Bertz CT molecular complexity index is 661. The number of carbonyl (C=O) groups is 3. The van der Waals surface area contributed by atoms with Crippen molar-refractivity contribution in [3.63, 3.8) is 0 Å². The molecule has 0 spiro atoms. The highest BCUT2D eigenvalue weighted by Crippen LogP contribution is 2.16. The molecule has 0 N–H and O–H groups in total. The molecule has 23 heavy (non-hydrogen) atoms. The number of ketones is 1. The Morgan fingerprint density at radius 1 is 1.13 bits per heavy atom. The molecule has 0 unspecified atom stereocenters. The van der Waals surface area contributed by atoms with Gasteiger partial charge in [0.1, 0.15) is 0 Å². The highest BCUT2D eigenvalue weighted by molar-refractivity contribution is 6.31. The first-order chi connectivity index (χ1) is 10.9. The van der Waals surface area contributed by atoms with E-state index in [2.05, 4.69) is 16.1 Å². The van der Waals surface area contributed by atoms with Crippen molar-refractivity contribution >= 4 is 29.3 Å². The fraction of sp³-hybridized carbons (Fsp3) is 0.235. The third kappa shape index (κ3) is 5.71. The van der Waals surface area contributed by atoms with Gasteiger partial charge in [-0.3, -0.25) is 4.79 Å². The summed E-state index contributed by atoms with van der Waals surface area (Å²) < 4.78 is 9.20. The highest BCUT2D eigenvalue weighted by Gasteiger charge is 2.15. The minimum atomic E-state index is -0.641.